The Balaban J connectivity index is 0.00000180. The summed E-state index contributed by atoms with van der Waals surface area (Å²) < 4.78 is 0. The van der Waals surface area contributed by atoms with Crippen LogP contribution in [0.15, 0.2) is 24.5 Å². The molecule has 1 aliphatic heterocycles. The van der Waals surface area contributed by atoms with E-state index < -0.39 is 0 Å². The van der Waals surface area contributed by atoms with Gasteiger partial charge in [-0.1, -0.05) is 6.92 Å². The summed E-state index contributed by atoms with van der Waals surface area (Å²) in [6.45, 7) is 4.35. The lowest BCUT2D eigenvalue weighted by Gasteiger charge is -2.27. The van der Waals surface area contributed by atoms with E-state index in [0.29, 0.717) is 18.3 Å². The number of carbonyl (C=O) groups is 1. The molecule has 0 spiro atoms. The van der Waals surface area contributed by atoms with Gasteiger partial charge in [0.15, 0.2) is 0 Å². The van der Waals surface area contributed by atoms with Crippen LogP contribution in [0.25, 0.3) is 0 Å². The molecule has 1 saturated heterocycles. The topological polar surface area (TPSA) is 54.0 Å². The molecule has 2 N–H and O–H groups in total. The Morgan fingerprint density at radius 2 is 1.95 bits per heavy atom. The zero-order valence-corrected chi connectivity index (χ0v) is 13.3. The molecule has 1 aliphatic rings. The lowest BCUT2D eigenvalue weighted by Crippen LogP contribution is -2.32. The van der Waals surface area contributed by atoms with Crippen LogP contribution in [-0.2, 0) is 4.79 Å². The molecule has 1 aromatic heterocycles. The summed E-state index contributed by atoms with van der Waals surface area (Å²) in [5, 5.41) is 6.27. The smallest absolute Gasteiger partial charge is 0.224 e. The zero-order chi connectivity index (χ0) is 12.8. The number of piperidine rings is 1. The summed E-state index contributed by atoms with van der Waals surface area (Å²) >= 11 is 0. The molecule has 1 aromatic rings. The number of hydrogen-bond acceptors (Lipinski definition) is 3. The van der Waals surface area contributed by atoms with Crippen molar-refractivity contribution in [1.82, 2.24) is 10.3 Å². The highest BCUT2D eigenvalue weighted by Crippen LogP contribution is 2.24. The third kappa shape index (κ3) is 6.07. The number of nitrogens with zero attached hydrogens (tertiary/aromatic N) is 1. The number of carbonyl (C=O) groups excluding carboxylic acids is 1. The average molecular weight is 320 g/mol. The molecule has 6 heteroatoms. The highest BCUT2D eigenvalue weighted by molar-refractivity contribution is 5.90. The molecule has 2 rings (SSSR count). The largest absolute Gasteiger partial charge is 0.326 e. The van der Waals surface area contributed by atoms with Crippen molar-refractivity contribution in [2.75, 3.05) is 18.4 Å². The molecular formula is C14H23Cl2N3O. The first kappa shape index (κ1) is 19.2. The van der Waals surface area contributed by atoms with E-state index in [9.17, 15) is 4.79 Å². The van der Waals surface area contributed by atoms with Crippen LogP contribution in [0.5, 0.6) is 0 Å². The SMILES string of the molecule is CC(CC(=O)Nc1ccncc1)C1CCNCC1.Cl.Cl. The Kier molecular flexibility index (Phi) is 9.55. The van der Waals surface area contributed by atoms with Gasteiger partial charge < -0.3 is 10.6 Å². The molecule has 1 amide bonds. The van der Waals surface area contributed by atoms with E-state index in [1.807, 2.05) is 12.1 Å². The van der Waals surface area contributed by atoms with Crippen LogP contribution in [0.4, 0.5) is 5.69 Å². The second-order valence-electron chi connectivity index (χ2n) is 5.05. The Hall–Kier alpha value is -0.840. The zero-order valence-electron chi connectivity index (χ0n) is 11.7. The van der Waals surface area contributed by atoms with Gasteiger partial charge in [-0.15, -0.1) is 24.8 Å². The minimum Gasteiger partial charge on any atom is -0.326 e. The number of rotatable bonds is 4. The Bertz CT molecular complexity index is 383. The van der Waals surface area contributed by atoms with Gasteiger partial charge >= 0.3 is 0 Å². The van der Waals surface area contributed by atoms with Gasteiger partial charge in [0.1, 0.15) is 0 Å². The third-order valence-corrected chi connectivity index (χ3v) is 3.66. The van der Waals surface area contributed by atoms with Crippen LogP contribution >= 0.6 is 24.8 Å². The van der Waals surface area contributed by atoms with Gasteiger partial charge in [-0.25, -0.2) is 0 Å². The van der Waals surface area contributed by atoms with Gasteiger partial charge in [0.05, 0.1) is 0 Å². The van der Waals surface area contributed by atoms with Crippen LogP contribution < -0.4 is 10.6 Å². The molecule has 0 radical (unpaired) electrons. The molecule has 0 bridgehead atoms. The lowest BCUT2D eigenvalue weighted by atomic mass is 9.84. The minimum absolute atomic E-state index is 0. The van der Waals surface area contributed by atoms with Crippen molar-refractivity contribution in [3.63, 3.8) is 0 Å². The van der Waals surface area contributed by atoms with Crippen molar-refractivity contribution in [3.05, 3.63) is 24.5 Å². The minimum atomic E-state index is 0. The van der Waals surface area contributed by atoms with Gasteiger partial charge in [-0.2, -0.15) is 0 Å². The van der Waals surface area contributed by atoms with Crippen molar-refractivity contribution in [3.8, 4) is 0 Å². The van der Waals surface area contributed by atoms with Crippen molar-refractivity contribution in [1.29, 1.82) is 0 Å². The quantitative estimate of drug-likeness (QED) is 0.897. The van der Waals surface area contributed by atoms with Crippen LogP contribution in [0.1, 0.15) is 26.2 Å². The molecule has 1 unspecified atom stereocenters. The van der Waals surface area contributed by atoms with Crippen molar-refractivity contribution < 1.29 is 4.79 Å². The fourth-order valence-electron chi connectivity index (χ4n) is 2.52. The Morgan fingerprint density at radius 1 is 1.35 bits per heavy atom. The van der Waals surface area contributed by atoms with Gasteiger partial charge in [-0.05, 0) is 49.9 Å². The van der Waals surface area contributed by atoms with E-state index in [1.165, 1.54) is 12.8 Å². The van der Waals surface area contributed by atoms with E-state index in [1.54, 1.807) is 12.4 Å². The fraction of sp³-hybridized carbons (Fsp3) is 0.571. The van der Waals surface area contributed by atoms with E-state index in [0.717, 1.165) is 18.8 Å². The second-order valence-corrected chi connectivity index (χ2v) is 5.05. The third-order valence-electron chi connectivity index (χ3n) is 3.66. The molecule has 1 fully saturated rings. The summed E-state index contributed by atoms with van der Waals surface area (Å²) in [7, 11) is 0. The number of amides is 1. The van der Waals surface area contributed by atoms with Gasteiger partial charge in [0.25, 0.3) is 0 Å². The van der Waals surface area contributed by atoms with E-state index in [-0.39, 0.29) is 30.7 Å². The number of halogens is 2. The first-order valence-corrected chi connectivity index (χ1v) is 6.66. The van der Waals surface area contributed by atoms with Crippen molar-refractivity contribution in [2.24, 2.45) is 11.8 Å². The molecular weight excluding hydrogens is 297 g/mol. The van der Waals surface area contributed by atoms with Crippen molar-refractivity contribution in [2.45, 2.75) is 26.2 Å². The Morgan fingerprint density at radius 3 is 2.55 bits per heavy atom. The van der Waals surface area contributed by atoms with Gasteiger partial charge in [0.2, 0.25) is 5.91 Å². The molecule has 0 saturated carbocycles. The summed E-state index contributed by atoms with van der Waals surface area (Å²) in [5.74, 6) is 1.23. The summed E-state index contributed by atoms with van der Waals surface area (Å²) in [5.41, 5.74) is 0.826. The lowest BCUT2D eigenvalue weighted by molar-refractivity contribution is -0.117. The molecule has 2 heterocycles. The summed E-state index contributed by atoms with van der Waals surface area (Å²) in [6, 6.07) is 3.63. The van der Waals surface area contributed by atoms with E-state index >= 15 is 0 Å². The number of hydrogen-bond donors (Lipinski definition) is 2. The number of anilines is 1. The average Bonchev–Trinajstić information content (AvgIpc) is 2.40. The predicted molar refractivity (Wildman–Crippen MR) is 86.7 cm³/mol. The number of nitrogens with one attached hydrogen (secondary N) is 2. The maximum Gasteiger partial charge on any atom is 0.224 e. The van der Waals surface area contributed by atoms with Crippen molar-refractivity contribution >= 4 is 36.4 Å². The van der Waals surface area contributed by atoms with E-state index in [4.69, 9.17) is 0 Å². The van der Waals surface area contributed by atoms with Gasteiger partial charge in [0, 0.05) is 24.5 Å². The molecule has 0 aromatic carbocycles. The standard InChI is InChI=1S/C14H21N3O.2ClH/c1-11(12-2-6-15-7-3-12)10-14(18)17-13-4-8-16-9-5-13;;/h4-5,8-9,11-12,15H,2-3,6-7,10H2,1H3,(H,16,17,18);2*1H. The summed E-state index contributed by atoms with van der Waals surface area (Å²) in [6.07, 6.45) is 6.35. The van der Waals surface area contributed by atoms with Crippen LogP contribution in [-0.4, -0.2) is 24.0 Å². The molecule has 114 valence electrons. The number of pyridine rings is 1. The maximum absolute atomic E-state index is 11.9. The number of aromatic nitrogens is 1. The second kappa shape index (κ2) is 9.97. The monoisotopic (exact) mass is 319 g/mol. The van der Waals surface area contributed by atoms with Crippen LogP contribution in [0.2, 0.25) is 0 Å². The Labute approximate surface area is 132 Å². The van der Waals surface area contributed by atoms with Gasteiger partial charge in [-0.3, -0.25) is 9.78 Å². The normalized spacial score (nSPS) is 16.4. The van der Waals surface area contributed by atoms with Crippen LogP contribution in [0.3, 0.4) is 0 Å². The molecule has 0 aliphatic carbocycles. The molecule has 4 nitrogen and oxygen atoms in total. The van der Waals surface area contributed by atoms with Crippen LogP contribution in [0, 0.1) is 11.8 Å². The van der Waals surface area contributed by atoms with E-state index in [2.05, 4.69) is 22.5 Å². The summed E-state index contributed by atoms with van der Waals surface area (Å²) in [4.78, 5) is 15.8. The molecule has 1 atom stereocenters. The fourth-order valence-corrected chi connectivity index (χ4v) is 2.52. The highest BCUT2D eigenvalue weighted by atomic mass is 35.5. The first-order valence-electron chi connectivity index (χ1n) is 6.66. The first-order chi connectivity index (χ1) is 8.75. The highest BCUT2D eigenvalue weighted by Gasteiger charge is 2.21. The molecule has 20 heavy (non-hydrogen) atoms. The predicted octanol–water partition coefficient (Wildman–Crippen LogP) is 2.89. The maximum atomic E-state index is 11.9.